The molecule has 1 aromatic rings. The zero-order valence-electron chi connectivity index (χ0n) is 7.31. The molecule has 0 amide bonds. The van der Waals surface area contributed by atoms with Gasteiger partial charge in [-0.05, 0) is 25.1 Å². The van der Waals surface area contributed by atoms with Crippen molar-refractivity contribution in [2.75, 3.05) is 6.61 Å². The van der Waals surface area contributed by atoms with Crippen molar-refractivity contribution in [2.45, 2.75) is 6.92 Å². The molecule has 1 nitrogen and oxygen atoms in total. The van der Waals surface area contributed by atoms with E-state index in [1.165, 1.54) is 0 Å². The average molecular weight is 262 g/mol. The molecule has 0 aliphatic rings. The van der Waals surface area contributed by atoms with Crippen LogP contribution in [0.5, 0.6) is 0 Å². The molecule has 0 N–H and O–H groups in total. The third-order valence-electron chi connectivity index (χ3n) is 1.50. The van der Waals surface area contributed by atoms with Crippen LogP contribution in [-0.2, 0) is 4.74 Å². The number of rotatable bonds is 3. The van der Waals surface area contributed by atoms with Crippen LogP contribution in [0, 0.1) is 0 Å². The van der Waals surface area contributed by atoms with Gasteiger partial charge in [-0.15, -0.1) is 0 Å². The number of benzene rings is 1. The first kappa shape index (κ1) is 10.6. The highest BCUT2D eigenvalue weighted by atomic mass is 79.9. The van der Waals surface area contributed by atoms with E-state index in [9.17, 15) is 0 Å². The second-order valence-corrected chi connectivity index (χ2v) is 3.87. The molecular weight excluding hydrogens is 251 g/mol. The molecule has 0 atom stereocenters. The Morgan fingerprint density at radius 2 is 2.23 bits per heavy atom. The Morgan fingerprint density at radius 1 is 1.54 bits per heavy atom. The van der Waals surface area contributed by atoms with Gasteiger partial charge in [0.15, 0.2) is 0 Å². The summed E-state index contributed by atoms with van der Waals surface area (Å²) < 4.78 is 6.19. The molecule has 0 spiro atoms. The summed E-state index contributed by atoms with van der Waals surface area (Å²) >= 11 is 9.22. The molecule has 3 heteroatoms. The van der Waals surface area contributed by atoms with Crippen molar-refractivity contribution in [3.8, 4) is 0 Å². The lowest BCUT2D eigenvalue weighted by Gasteiger charge is -2.07. The fourth-order valence-electron chi connectivity index (χ4n) is 0.972. The lowest BCUT2D eigenvalue weighted by molar-refractivity contribution is 0.299. The van der Waals surface area contributed by atoms with Crippen molar-refractivity contribution in [3.63, 3.8) is 0 Å². The van der Waals surface area contributed by atoms with Crippen molar-refractivity contribution in [1.82, 2.24) is 0 Å². The molecule has 13 heavy (non-hydrogen) atoms. The number of hydrogen-bond acceptors (Lipinski definition) is 1. The zero-order chi connectivity index (χ0) is 9.84. The summed E-state index contributed by atoms with van der Waals surface area (Å²) in [6.07, 6.45) is 0. The summed E-state index contributed by atoms with van der Waals surface area (Å²) in [6.45, 7) is 6.33. The maximum absolute atomic E-state index is 5.87. The van der Waals surface area contributed by atoms with Crippen LogP contribution in [0.1, 0.15) is 12.5 Å². The SMILES string of the molecule is C=C(OCC)c1cc(Cl)cc(Br)c1. The highest BCUT2D eigenvalue weighted by Crippen LogP contribution is 2.24. The van der Waals surface area contributed by atoms with Crippen LogP contribution in [0.25, 0.3) is 5.76 Å². The molecule has 1 rings (SSSR count). The first-order valence-electron chi connectivity index (χ1n) is 3.91. The summed E-state index contributed by atoms with van der Waals surface area (Å²) in [5.74, 6) is 0.644. The van der Waals surface area contributed by atoms with Crippen molar-refractivity contribution in [2.24, 2.45) is 0 Å². The van der Waals surface area contributed by atoms with Gasteiger partial charge in [-0.2, -0.15) is 0 Å². The predicted octanol–water partition coefficient (Wildman–Crippen LogP) is 4.11. The van der Waals surface area contributed by atoms with Crippen LogP contribution in [0.2, 0.25) is 5.02 Å². The van der Waals surface area contributed by atoms with Gasteiger partial charge in [0.1, 0.15) is 5.76 Å². The molecular formula is C10H10BrClO. The monoisotopic (exact) mass is 260 g/mol. The average Bonchev–Trinajstić information content (AvgIpc) is 2.03. The third-order valence-corrected chi connectivity index (χ3v) is 2.18. The van der Waals surface area contributed by atoms with E-state index in [4.69, 9.17) is 16.3 Å². The predicted molar refractivity (Wildman–Crippen MR) is 59.8 cm³/mol. The van der Waals surface area contributed by atoms with E-state index in [1.807, 2.05) is 25.1 Å². The van der Waals surface area contributed by atoms with Gasteiger partial charge in [-0.1, -0.05) is 34.1 Å². The van der Waals surface area contributed by atoms with Gasteiger partial charge in [-0.3, -0.25) is 0 Å². The Hall–Kier alpha value is -0.470. The van der Waals surface area contributed by atoms with E-state index in [-0.39, 0.29) is 0 Å². The standard InChI is InChI=1S/C10H10BrClO/c1-3-13-7(2)8-4-9(11)6-10(12)5-8/h4-6H,2-3H2,1H3. The Morgan fingerprint density at radius 3 is 2.77 bits per heavy atom. The zero-order valence-corrected chi connectivity index (χ0v) is 9.65. The van der Waals surface area contributed by atoms with Gasteiger partial charge in [0, 0.05) is 15.1 Å². The van der Waals surface area contributed by atoms with Crippen molar-refractivity contribution >= 4 is 33.3 Å². The van der Waals surface area contributed by atoms with Gasteiger partial charge >= 0.3 is 0 Å². The Kier molecular flexibility index (Phi) is 3.82. The lowest BCUT2D eigenvalue weighted by atomic mass is 10.2. The fourth-order valence-corrected chi connectivity index (χ4v) is 1.83. The van der Waals surface area contributed by atoms with E-state index in [0.717, 1.165) is 10.0 Å². The Bertz CT molecular complexity index is 302. The van der Waals surface area contributed by atoms with Crippen LogP contribution in [-0.4, -0.2) is 6.61 Å². The largest absolute Gasteiger partial charge is 0.494 e. The van der Waals surface area contributed by atoms with E-state index in [1.54, 1.807) is 0 Å². The second-order valence-electron chi connectivity index (χ2n) is 2.51. The molecule has 70 valence electrons. The Labute approximate surface area is 91.5 Å². The molecule has 0 heterocycles. The van der Waals surface area contributed by atoms with E-state index >= 15 is 0 Å². The first-order chi connectivity index (χ1) is 6.13. The summed E-state index contributed by atoms with van der Waals surface area (Å²) in [6, 6.07) is 5.57. The van der Waals surface area contributed by atoms with Crippen LogP contribution >= 0.6 is 27.5 Å². The third kappa shape index (κ3) is 3.05. The van der Waals surface area contributed by atoms with Crippen LogP contribution in [0.3, 0.4) is 0 Å². The molecule has 0 aliphatic carbocycles. The molecule has 0 saturated heterocycles. The van der Waals surface area contributed by atoms with Gasteiger partial charge in [0.05, 0.1) is 6.61 Å². The number of hydrogen-bond donors (Lipinski definition) is 0. The molecule has 1 aromatic carbocycles. The molecule has 0 aliphatic heterocycles. The summed E-state index contributed by atoms with van der Waals surface area (Å²) in [5, 5.41) is 0.672. The van der Waals surface area contributed by atoms with Crippen LogP contribution in [0.15, 0.2) is 29.3 Å². The summed E-state index contributed by atoms with van der Waals surface area (Å²) in [7, 11) is 0. The summed E-state index contributed by atoms with van der Waals surface area (Å²) in [5.41, 5.74) is 0.904. The van der Waals surface area contributed by atoms with E-state index in [0.29, 0.717) is 17.4 Å². The summed E-state index contributed by atoms with van der Waals surface area (Å²) in [4.78, 5) is 0. The lowest BCUT2D eigenvalue weighted by Crippen LogP contribution is -1.89. The van der Waals surface area contributed by atoms with Gasteiger partial charge in [0.25, 0.3) is 0 Å². The normalized spacial score (nSPS) is 9.77. The molecule has 0 radical (unpaired) electrons. The second kappa shape index (κ2) is 4.68. The maximum Gasteiger partial charge on any atom is 0.119 e. The van der Waals surface area contributed by atoms with Crippen molar-refractivity contribution in [3.05, 3.63) is 39.8 Å². The Balaban J connectivity index is 2.94. The molecule has 0 bridgehead atoms. The van der Waals surface area contributed by atoms with Crippen LogP contribution < -0.4 is 0 Å². The van der Waals surface area contributed by atoms with E-state index in [2.05, 4.69) is 22.5 Å². The van der Waals surface area contributed by atoms with Gasteiger partial charge in [-0.25, -0.2) is 0 Å². The van der Waals surface area contributed by atoms with E-state index < -0.39 is 0 Å². The molecule has 0 unspecified atom stereocenters. The van der Waals surface area contributed by atoms with Crippen molar-refractivity contribution < 1.29 is 4.74 Å². The highest BCUT2D eigenvalue weighted by molar-refractivity contribution is 9.10. The smallest absolute Gasteiger partial charge is 0.119 e. The number of ether oxygens (including phenoxy) is 1. The first-order valence-corrected chi connectivity index (χ1v) is 5.08. The van der Waals surface area contributed by atoms with Crippen molar-refractivity contribution in [1.29, 1.82) is 0 Å². The minimum Gasteiger partial charge on any atom is -0.494 e. The minimum atomic E-state index is 0.614. The van der Waals surface area contributed by atoms with Gasteiger partial charge < -0.3 is 4.74 Å². The molecule has 0 aromatic heterocycles. The minimum absolute atomic E-state index is 0.614. The maximum atomic E-state index is 5.87. The fraction of sp³-hybridized carbons (Fsp3) is 0.200. The van der Waals surface area contributed by atoms with Gasteiger partial charge in [0.2, 0.25) is 0 Å². The molecule has 0 saturated carbocycles. The van der Waals surface area contributed by atoms with Crippen LogP contribution in [0.4, 0.5) is 0 Å². The highest BCUT2D eigenvalue weighted by Gasteiger charge is 2.01. The number of halogens is 2. The molecule has 0 fully saturated rings. The quantitative estimate of drug-likeness (QED) is 0.744. The topological polar surface area (TPSA) is 9.23 Å².